The zero-order valence-electron chi connectivity index (χ0n) is 11.8. The van der Waals surface area contributed by atoms with Crippen molar-refractivity contribution in [3.8, 4) is 0 Å². The Kier molecular flexibility index (Phi) is 4.32. The van der Waals surface area contributed by atoms with Crippen molar-refractivity contribution in [3.63, 3.8) is 0 Å². The van der Waals surface area contributed by atoms with Gasteiger partial charge in [0.15, 0.2) is 0 Å². The number of H-pyrrole nitrogens is 1. The van der Waals surface area contributed by atoms with Crippen LogP contribution in [0.25, 0.3) is 0 Å². The van der Waals surface area contributed by atoms with Crippen LogP contribution in [-0.2, 0) is 6.54 Å². The summed E-state index contributed by atoms with van der Waals surface area (Å²) in [6.07, 6.45) is 0. The summed E-state index contributed by atoms with van der Waals surface area (Å²) in [5, 5.41) is 13.9. The van der Waals surface area contributed by atoms with Gasteiger partial charge >= 0.3 is 0 Å². The van der Waals surface area contributed by atoms with Gasteiger partial charge in [-0.2, -0.15) is 0 Å². The number of benzene rings is 1. The highest BCUT2D eigenvalue weighted by Crippen LogP contribution is 2.18. The Balaban J connectivity index is 2.21. The molecule has 2 N–H and O–H groups in total. The highest BCUT2D eigenvalue weighted by Gasteiger charge is 2.12. The number of anilines is 1. The van der Waals surface area contributed by atoms with E-state index in [1.165, 1.54) is 12.1 Å². The number of nitro benzene ring substituents is 1. The number of nitro groups is 1. The second-order valence-corrected chi connectivity index (χ2v) is 4.91. The molecule has 0 atom stereocenters. The van der Waals surface area contributed by atoms with Crippen LogP contribution in [0.5, 0.6) is 0 Å². The number of hydrogen-bond donors (Lipinski definition) is 2. The van der Waals surface area contributed by atoms with Crippen molar-refractivity contribution in [2.24, 2.45) is 0 Å². The highest BCUT2D eigenvalue weighted by molar-refractivity contribution is 5.43. The van der Waals surface area contributed by atoms with Crippen LogP contribution in [-0.4, -0.2) is 14.9 Å². The Morgan fingerprint density at radius 2 is 2.10 bits per heavy atom. The van der Waals surface area contributed by atoms with Crippen LogP contribution < -0.4 is 10.9 Å². The number of hydrogen-bond acceptors (Lipinski definition) is 5. The monoisotopic (exact) mass is 288 g/mol. The number of para-hydroxylation sites is 1. The first-order chi connectivity index (χ1) is 9.97. The molecule has 0 unspecified atom stereocenters. The Bertz CT molecular complexity index is 709. The van der Waals surface area contributed by atoms with Crippen molar-refractivity contribution in [1.29, 1.82) is 0 Å². The molecule has 1 aromatic heterocycles. The van der Waals surface area contributed by atoms with E-state index in [-0.39, 0.29) is 23.7 Å². The fourth-order valence-electron chi connectivity index (χ4n) is 1.86. The first-order valence-electron chi connectivity index (χ1n) is 6.55. The van der Waals surface area contributed by atoms with Crippen LogP contribution in [0, 0.1) is 10.1 Å². The summed E-state index contributed by atoms with van der Waals surface area (Å²) in [5.74, 6) is 1.07. The van der Waals surface area contributed by atoms with Crippen molar-refractivity contribution in [2.45, 2.75) is 26.3 Å². The van der Waals surface area contributed by atoms with Crippen LogP contribution in [0.4, 0.5) is 11.5 Å². The summed E-state index contributed by atoms with van der Waals surface area (Å²) in [7, 11) is 0. The normalized spacial score (nSPS) is 10.6. The smallest absolute Gasteiger partial charge is 0.274 e. The van der Waals surface area contributed by atoms with E-state index in [2.05, 4.69) is 15.3 Å². The maximum absolute atomic E-state index is 11.6. The van der Waals surface area contributed by atoms with Gasteiger partial charge in [0.1, 0.15) is 11.6 Å². The Labute approximate surface area is 121 Å². The van der Waals surface area contributed by atoms with Crippen LogP contribution in [0.15, 0.2) is 35.1 Å². The largest absolute Gasteiger partial charge is 0.366 e. The molecule has 1 aromatic carbocycles. The zero-order valence-corrected chi connectivity index (χ0v) is 11.8. The maximum atomic E-state index is 11.6. The number of nitrogens with zero attached hydrogens (tertiary/aromatic N) is 2. The predicted molar refractivity (Wildman–Crippen MR) is 79.4 cm³/mol. The molecule has 0 aliphatic heterocycles. The van der Waals surface area contributed by atoms with Gasteiger partial charge in [-0.25, -0.2) is 4.98 Å². The Morgan fingerprint density at radius 3 is 2.76 bits per heavy atom. The maximum Gasteiger partial charge on any atom is 0.274 e. The number of aromatic amines is 1. The van der Waals surface area contributed by atoms with E-state index in [0.29, 0.717) is 17.2 Å². The molecule has 0 aliphatic rings. The fourth-order valence-corrected chi connectivity index (χ4v) is 1.86. The van der Waals surface area contributed by atoms with E-state index < -0.39 is 4.92 Å². The van der Waals surface area contributed by atoms with Crippen molar-refractivity contribution in [1.82, 2.24) is 9.97 Å². The van der Waals surface area contributed by atoms with Gasteiger partial charge in [0.2, 0.25) is 0 Å². The molecule has 7 nitrogen and oxygen atoms in total. The third-order valence-corrected chi connectivity index (χ3v) is 2.96. The minimum atomic E-state index is -0.429. The molecule has 21 heavy (non-hydrogen) atoms. The number of nitrogens with one attached hydrogen (secondary N) is 2. The molecule has 2 aromatic rings. The molecule has 0 bridgehead atoms. The van der Waals surface area contributed by atoms with Gasteiger partial charge in [0.25, 0.3) is 11.2 Å². The van der Waals surface area contributed by atoms with Crippen molar-refractivity contribution < 1.29 is 4.92 Å². The third-order valence-electron chi connectivity index (χ3n) is 2.96. The molecule has 0 aliphatic carbocycles. The van der Waals surface area contributed by atoms with Gasteiger partial charge in [-0.1, -0.05) is 32.0 Å². The molecular formula is C14H16N4O3. The quantitative estimate of drug-likeness (QED) is 0.650. The van der Waals surface area contributed by atoms with Crippen LogP contribution in [0.1, 0.15) is 31.2 Å². The van der Waals surface area contributed by atoms with E-state index in [0.717, 1.165) is 0 Å². The summed E-state index contributed by atoms with van der Waals surface area (Å²) < 4.78 is 0. The lowest BCUT2D eigenvalue weighted by Crippen LogP contribution is -2.14. The minimum Gasteiger partial charge on any atom is -0.366 e. The van der Waals surface area contributed by atoms with Crippen LogP contribution >= 0.6 is 0 Å². The molecule has 0 saturated heterocycles. The second kappa shape index (κ2) is 6.17. The molecule has 0 spiro atoms. The van der Waals surface area contributed by atoms with Gasteiger partial charge in [0, 0.05) is 30.2 Å². The molecule has 7 heteroatoms. The SMILES string of the molecule is CC(C)c1nc(NCc2ccccc2[N+](=O)[O-])cc(=O)[nH]1. The van der Waals surface area contributed by atoms with Crippen molar-refractivity contribution >= 4 is 11.5 Å². The summed E-state index contributed by atoms with van der Waals surface area (Å²) >= 11 is 0. The molecular weight excluding hydrogens is 272 g/mol. The Hall–Kier alpha value is -2.70. The summed E-state index contributed by atoms with van der Waals surface area (Å²) in [5.41, 5.74) is 0.327. The number of rotatable bonds is 5. The average molecular weight is 288 g/mol. The Morgan fingerprint density at radius 1 is 1.38 bits per heavy atom. The standard InChI is InChI=1S/C14H16N4O3/c1-9(2)14-16-12(7-13(19)17-14)15-8-10-5-3-4-6-11(10)18(20)21/h3-7,9H,8H2,1-2H3,(H2,15,16,17,19). The zero-order chi connectivity index (χ0) is 15.4. The lowest BCUT2D eigenvalue weighted by atomic mass is 10.2. The van der Waals surface area contributed by atoms with Gasteiger partial charge in [-0.3, -0.25) is 14.9 Å². The van der Waals surface area contributed by atoms with Crippen LogP contribution in [0.3, 0.4) is 0 Å². The third kappa shape index (κ3) is 3.65. The molecule has 0 radical (unpaired) electrons. The topological polar surface area (TPSA) is 101 Å². The molecule has 1 heterocycles. The lowest BCUT2D eigenvalue weighted by molar-refractivity contribution is -0.385. The van der Waals surface area contributed by atoms with Gasteiger partial charge in [-0.05, 0) is 0 Å². The lowest BCUT2D eigenvalue weighted by Gasteiger charge is -2.09. The van der Waals surface area contributed by atoms with E-state index >= 15 is 0 Å². The highest BCUT2D eigenvalue weighted by atomic mass is 16.6. The van der Waals surface area contributed by atoms with E-state index in [1.807, 2.05) is 13.8 Å². The van der Waals surface area contributed by atoms with Crippen molar-refractivity contribution in [2.75, 3.05) is 5.32 Å². The minimum absolute atomic E-state index is 0.0407. The summed E-state index contributed by atoms with van der Waals surface area (Å²) in [6, 6.07) is 7.79. The van der Waals surface area contributed by atoms with E-state index in [4.69, 9.17) is 0 Å². The molecule has 110 valence electrons. The van der Waals surface area contributed by atoms with E-state index in [1.54, 1.807) is 18.2 Å². The summed E-state index contributed by atoms with van der Waals surface area (Å²) in [6.45, 7) is 4.07. The average Bonchev–Trinajstić information content (AvgIpc) is 2.44. The van der Waals surface area contributed by atoms with E-state index in [9.17, 15) is 14.9 Å². The summed E-state index contributed by atoms with van der Waals surface area (Å²) in [4.78, 5) is 29.0. The van der Waals surface area contributed by atoms with Gasteiger partial charge in [0.05, 0.1) is 4.92 Å². The molecule has 2 rings (SSSR count). The molecule has 0 amide bonds. The first-order valence-corrected chi connectivity index (χ1v) is 6.55. The van der Waals surface area contributed by atoms with Crippen LogP contribution in [0.2, 0.25) is 0 Å². The fraction of sp³-hybridized carbons (Fsp3) is 0.286. The number of aromatic nitrogens is 2. The molecule has 0 fully saturated rings. The van der Waals surface area contributed by atoms with Gasteiger partial charge < -0.3 is 10.3 Å². The molecule has 0 saturated carbocycles. The predicted octanol–water partition coefficient (Wildman–Crippen LogP) is 2.41. The van der Waals surface area contributed by atoms with Crippen molar-refractivity contribution in [3.05, 3.63) is 62.2 Å². The second-order valence-electron chi connectivity index (χ2n) is 4.91. The first kappa shape index (κ1) is 14.7. The van der Waals surface area contributed by atoms with Gasteiger partial charge in [-0.15, -0.1) is 0 Å².